The maximum atomic E-state index is 11.3. The SMILES string of the molecule is CCCCOCC(N)(COCCC(=O)OCC)COCCC(=O)OCC. The first kappa shape index (κ1) is 24.8. The summed E-state index contributed by atoms with van der Waals surface area (Å²) in [6.07, 6.45) is 2.32. The molecule has 0 atom stereocenters. The highest BCUT2D eigenvalue weighted by Crippen LogP contribution is 2.07. The molecule has 0 spiro atoms. The summed E-state index contributed by atoms with van der Waals surface area (Å²) in [5.41, 5.74) is 5.47. The number of carbonyl (C=O) groups excluding carboxylic acids is 2. The largest absolute Gasteiger partial charge is 0.466 e. The number of carbonyl (C=O) groups is 2. The Bertz CT molecular complexity index is 351. The fourth-order valence-electron chi connectivity index (χ4n) is 1.98. The minimum Gasteiger partial charge on any atom is -0.466 e. The molecule has 0 aromatic heterocycles. The van der Waals surface area contributed by atoms with Crippen molar-refractivity contribution in [3.05, 3.63) is 0 Å². The van der Waals surface area contributed by atoms with E-state index < -0.39 is 5.54 Å². The van der Waals surface area contributed by atoms with Crippen molar-refractivity contribution in [2.45, 2.75) is 52.0 Å². The molecule has 154 valence electrons. The molecule has 0 saturated carbocycles. The van der Waals surface area contributed by atoms with Crippen LogP contribution in [-0.4, -0.2) is 70.3 Å². The molecule has 0 amide bonds. The molecule has 0 aromatic carbocycles. The summed E-state index contributed by atoms with van der Waals surface area (Å²) in [4.78, 5) is 22.6. The Morgan fingerprint density at radius 2 is 1.19 bits per heavy atom. The van der Waals surface area contributed by atoms with E-state index in [4.69, 9.17) is 29.4 Å². The maximum absolute atomic E-state index is 11.3. The summed E-state index contributed by atoms with van der Waals surface area (Å²) < 4.78 is 26.3. The van der Waals surface area contributed by atoms with Crippen molar-refractivity contribution in [1.82, 2.24) is 0 Å². The van der Waals surface area contributed by atoms with Gasteiger partial charge in [0.1, 0.15) is 0 Å². The van der Waals surface area contributed by atoms with Gasteiger partial charge in [0.2, 0.25) is 0 Å². The Morgan fingerprint density at radius 1 is 0.769 bits per heavy atom. The Labute approximate surface area is 156 Å². The third-order valence-corrected chi connectivity index (χ3v) is 3.32. The number of ether oxygens (including phenoxy) is 5. The smallest absolute Gasteiger partial charge is 0.308 e. The molecule has 0 saturated heterocycles. The fraction of sp³-hybridized carbons (Fsp3) is 0.889. The van der Waals surface area contributed by atoms with E-state index in [1.54, 1.807) is 13.8 Å². The fourth-order valence-corrected chi connectivity index (χ4v) is 1.98. The van der Waals surface area contributed by atoms with Crippen LogP contribution in [0.3, 0.4) is 0 Å². The van der Waals surface area contributed by atoms with Crippen molar-refractivity contribution >= 4 is 11.9 Å². The zero-order valence-electron chi connectivity index (χ0n) is 16.4. The van der Waals surface area contributed by atoms with Gasteiger partial charge in [-0.15, -0.1) is 0 Å². The van der Waals surface area contributed by atoms with Crippen LogP contribution in [0.15, 0.2) is 0 Å². The van der Waals surface area contributed by atoms with Gasteiger partial charge in [-0.1, -0.05) is 13.3 Å². The van der Waals surface area contributed by atoms with Crippen molar-refractivity contribution < 1.29 is 33.3 Å². The average Bonchev–Trinajstić information content (AvgIpc) is 2.60. The van der Waals surface area contributed by atoms with E-state index in [2.05, 4.69) is 6.92 Å². The summed E-state index contributed by atoms with van der Waals surface area (Å²) in [5.74, 6) is -0.611. The van der Waals surface area contributed by atoms with E-state index in [9.17, 15) is 9.59 Å². The zero-order valence-corrected chi connectivity index (χ0v) is 16.4. The first-order valence-electron chi connectivity index (χ1n) is 9.30. The topological polar surface area (TPSA) is 106 Å². The first-order chi connectivity index (χ1) is 12.5. The third kappa shape index (κ3) is 14.0. The van der Waals surface area contributed by atoms with Crippen LogP contribution >= 0.6 is 0 Å². The van der Waals surface area contributed by atoms with Crippen LogP contribution in [0.25, 0.3) is 0 Å². The Balaban J connectivity index is 4.23. The molecular weight excluding hydrogens is 342 g/mol. The summed E-state index contributed by atoms with van der Waals surface area (Å²) >= 11 is 0. The van der Waals surface area contributed by atoms with Gasteiger partial charge in [0.15, 0.2) is 0 Å². The van der Waals surface area contributed by atoms with Crippen LogP contribution in [-0.2, 0) is 33.3 Å². The Hall–Kier alpha value is -1.22. The van der Waals surface area contributed by atoms with E-state index >= 15 is 0 Å². The molecule has 8 nitrogen and oxygen atoms in total. The van der Waals surface area contributed by atoms with Gasteiger partial charge in [-0.05, 0) is 20.3 Å². The number of hydrogen-bond acceptors (Lipinski definition) is 8. The molecule has 0 aliphatic carbocycles. The van der Waals surface area contributed by atoms with E-state index in [1.165, 1.54) is 0 Å². The number of nitrogens with two attached hydrogens (primary N) is 1. The molecule has 26 heavy (non-hydrogen) atoms. The summed E-state index contributed by atoms with van der Waals surface area (Å²) in [7, 11) is 0. The molecule has 0 rings (SSSR count). The summed E-state index contributed by atoms with van der Waals surface area (Å²) in [5, 5.41) is 0. The lowest BCUT2D eigenvalue weighted by Crippen LogP contribution is -2.53. The van der Waals surface area contributed by atoms with E-state index in [1.807, 2.05) is 0 Å². The van der Waals surface area contributed by atoms with Crippen molar-refractivity contribution in [2.24, 2.45) is 5.73 Å². The Morgan fingerprint density at radius 3 is 1.58 bits per heavy atom. The number of rotatable bonds is 17. The lowest BCUT2D eigenvalue weighted by atomic mass is 10.1. The van der Waals surface area contributed by atoms with E-state index in [-0.39, 0.29) is 57.8 Å². The minimum atomic E-state index is -0.850. The highest BCUT2D eigenvalue weighted by molar-refractivity contribution is 5.69. The van der Waals surface area contributed by atoms with Crippen LogP contribution in [0.4, 0.5) is 0 Å². The second-order valence-corrected chi connectivity index (χ2v) is 5.98. The average molecular weight is 377 g/mol. The monoisotopic (exact) mass is 377 g/mol. The van der Waals surface area contributed by atoms with Crippen LogP contribution < -0.4 is 5.73 Å². The lowest BCUT2D eigenvalue weighted by molar-refractivity contribution is -0.145. The van der Waals surface area contributed by atoms with Crippen LogP contribution in [0, 0.1) is 0 Å². The van der Waals surface area contributed by atoms with Gasteiger partial charge < -0.3 is 29.4 Å². The molecule has 0 bridgehead atoms. The second-order valence-electron chi connectivity index (χ2n) is 5.98. The van der Waals surface area contributed by atoms with Gasteiger partial charge in [0, 0.05) is 6.61 Å². The zero-order chi connectivity index (χ0) is 19.7. The molecule has 0 fully saturated rings. The van der Waals surface area contributed by atoms with Gasteiger partial charge >= 0.3 is 11.9 Å². The Kier molecular flexibility index (Phi) is 15.2. The number of hydrogen-bond donors (Lipinski definition) is 1. The molecule has 8 heteroatoms. The highest BCUT2D eigenvalue weighted by Gasteiger charge is 2.27. The van der Waals surface area contributed by atoms with Gasteiger partial charge in [0.05, 0.1) is 64.6 Å². The standard InChI is InChI=1S/C18H35NO7/c1-4-7-10-22-13-18(19,14-23-11-8-16(20)25-5-2)15-24-12-9-17(21)26-6-3/h4-15,19H2,1-3H3. The summed E-state index contributed by atoms with van der Waals surface area (Å²) in [6, 6.07) is 0. The molecular formula is C18H35NO7. The quantitative estimate of drug-likeness (QED) is 0.300. The van der Waals surface area contributed by atoms with Crippen LogP contribution in [0.1, 0.15) is 46.5 Å². The van der Waals surface area contributed by atoms with Gasteiger partial charge in [0.25, 0.3) is 0 Å². The summed E-state index contributed by atoms with van der Waals surface area (Å²) in [6.45, 7) is 7.96. The number of esters is 2. The van der Waals surface area contributed by atoms with Crippen LogP contribution in [0.2, 0.25) is 0 Å². The highest BCUT2D eigenvalue weighted by atomic mass is 16.5. The van der Waals surface area contributed by atoms with Gasteiger partial charge in [-0.2, -0.15) is 0 Å². The van der Waals surface area contributed by atoms with Crippen molar-refractivity contribution in [1.29, 1.82) is 0 Å². The lowest BCUT2D eigenvalue weighted by Gasteiger charge is -2.29. The molecule has 0 radical (unpaired) electrons. The maximum Gasteiger partial charge on any atom is 0.308 e. The molecule has 0 aliphatic rings. The normalized spacial score (nSPS) is 11.4. The molecule has 0 aromatic rings. The van der Waals surface area contributed by atoms with Crippen molar-refractivity contribution in [3.8, 4) is 0 Å². The first-order valence-corrected chi connectivity index (χ1v) is 9.30. The molecule has 0 heterocycles. The van der Waals surface area contributed by atoms with Crippen molar-refractivity contribution in [3.63, 3.8) is 0 Å². The second kappa shape index (κ2) is 16.0. The molecule has 2 N–H and O–H groups in total. The van der Waals surface area contributed by atoms with E-state index in [0.29, 0.717) is 19.8 Å². The van der Waals surface area contributed by atoms with Crippen molar-refractivity contribution in [2.75, 3.05) is 52.9 Å². The third-order valence-electron chi connectivity index (χ3n) is 3.32. The van der Waals surface area contributed by atoms with Crippen LogP contribution in [0.5, 0.6) is 0 Å². The van der Waals surface area contributed by atoms with E-state index in [0.717, 1.165) is 12.8 Å². The molecule has 0 unspecified atom stereocenters. The molecule has 0 aliphatic heterocycles. The number of unbranched alkanes of at least 4 members (excludes halogenated alkanes) is 1. The van der Waals surface area contributed by atoms with Gasteiger partial charge in [-0.3, -0.25) is 9.59 Å². The minimum absolute atomic E-state index is 0.171. The van der Waals surface area contributed by atoms with Gasteiger partial charge in [-0.25, -0.2) is 0 Å². The predicted molar refractivity (Wildman–Crippen MR) is 96.8 cm³/mol. The predicted octanol–water partition coefficient (Wildman–Crippen LogP) is 1.44.